The maximum Gasteiger partial charge on any atom is 0.315 e. The van der Waals surface area contributed by atoms with Crippen molar-refractivity contribution in [3.63, 3.8) is 0 Å². The van der Waals surface area contributed by atoms with Crippen LogP contribution < -0.4 is 16.0 Å². The van der Waals surface area contributed by atoms with Gasteiger partial charge in [-0.25, -0.2) is 4.79 Å². The molecule has 126 valence electrons. The normalized spacial score (nSPS) is 21.6. The lowest BCUT2D eigenvalue weighted by Crippen LogP contribution is -2.61. The number of nitrogens with one attached hydrogen (secondary N) is 3. The van der Waals surface area contributed by atoms with Crippen molar-refractivity contribution in [2.75, 3.05) is 33.2 Å². The highest BCUT2D eigenvalue weighted by molar-refractivity contribution is 5.91. The van der Waals surface area contributed by atoms with Crippen LogP contribution in [0.3, 0.4) is 0 Å². The number of hydrogen-bond donors (Lipinski definition) is 3. The largest absolute Gasteiger partial charge is 0.341 e. The summed E-state index contributed by atoms with van der Waals surface area (Å²) in [6.07, 6.45) is 5.63. The molecule has 1 saturated heterocycles. The molecule has 3 amide bonds. The third-order valence-corrected chi connectivity index (χ3v) is 4.95. The van der Waals surface area contributed by atoms with Crippen molar-refractivity contribution < 1.29 is 9.59 Å². The zero-order valence-corrected chi connectivity index (χ0v) is 13.9. The number of amides is 3. The maximum atomic E-state index is 13.0. The van der Waals surface area contributed by atoms with Crippen molar-refractivity contribution in [1.29, 1.82) is 0 Å². The molecule has 0 aromatic heterocycles. The van der Waals surface area contributed by atoms with Gasteiger partial charge in [-0.2, -0.15) is 0 Å². The summed E-state index contributed by atoms with van der Waals surface area (Å²) < 4.78 is 0. The van der Waals surface area contributed by atoms with Crippen LogP contribution in [0.1, 0.15) is 45.4 Å². The van der Waals surface area contributed by atoms with Crippen LogP contribution in [-0.2, 0) is 4.79 Å². The highest BCUT2D eigenvalue weighted by Gasteiger charge is 2.45. The van der Waals surface area contributed by atoms with Gasteiger partial charge in [0.25, 0.3) is 0 Å². The molecular formula is C16H30N4O2. The first-order valence-electron chi connectivity index (χ1n) is 8.61. The van der Waals surface area contributed by atoms with Gasteiger partial charge in [-0.3, -0.25) is 4.79 Å². The molecule has 2 aliphatic rings. The van der Waals surface area contributed by atoms with Gasteiger partial charge in [0, 0.05) is 19.6 Å². The van der Waals surface area contributed by atoms with Gasteiger partial charge >= 0.3 is 6.03 Å². The molecule has 0 radical (unpaired) electrons. The number of rotatable bonds is 5. The van der Waals surface area contributed by atoms with Crippen LogP contribution in [0.5, 0.6) is 0 Å². The summed E-state index contributed by atoms with van der Waals surface area (Å²) in [5.74, 6) is 0.782. The van der Waals surface area contributed by atoms with E-state index >= 15 is 0 Å². The molecule has 22 heavy (non-hydrogen) atoms. The molecule has 0 aromatic rings. The summed E-state index contributed by atoms with van der Waals surface area (Å²) in [6.45, 7) is 5.10. The molecule has 1 aliphatic carbocycles. The fourth-order valence-electron chi connectivity index (χ4n) is 3.72. The fraction of sp³-hybridized carbons (Fsp3) is 0.875. The smallest absolute Gasteiger partial charge is 0.315 e. The van der Waals surface area contributed by atoms with Crippen LogP contribution >= 0.6 is 0 Å². The van der Waals surface area contributed by atoms with Gasteiger partial charge in [0.1, 0.15) is 5.54 Å². The Morgan fingerprint density at radius 3 is 2.36 bits per heavy atom. The van der Waals surface area contributed by atoms with Crippen molar-refractivity contribution in [2.45, 2.75) is 51.0 Å². The quantitative estimate of drug-likeness (QED) is 0.711. The molecule has 1 saturated carbocycles. The van der Waals surface area contributed by atoms with E-state index in [-0.39, 0.29) is 11.9 Å². The van der Waals surface area contributed by atoms with Gasteiger partial charge in [-0.15, -0.1) is 0 Å². The van der Waals surface area contributed by atoms with E-state index in [2.05, 4.69) is 16.0 Å². The van der Waals surface area contributed by atoms with Crippen molar-refractivity contribution in [1.82, 2.24) is 20.9 Å². The van der Waals surface area contributed by atoms with Crippen molar-refractivity contribution in [3.8, 4) is 0 Å². The Morgan fingerprint density at radius 2 is 1.82 bits per heavy atom. The average molecular weight is 310 g/mol. The first-order valence-corrected chi connectivity index (χ1v) is 8.61. The second-order valence-corrected chi connectivity index (χ2v) is 6.57. The van der Waals surface area contributed by atoms with E-state index < -0.39 is 5.54 Å². The summed E-state index contributed by atoms with van der Waals surface area (Å²) >= 11 is 0. The van der Waals surface area contributed by atoms with Crippen molar-refractivity contribution >= 4 is 11.9 Å². The maximum absolute atomic E-state index is 13.0. The zero-order valence-electron chi connectivity index (χ0n) is 13.9. The van der Waals surface area contributed by atoms with Crippen molar-refractivity contribution in [2.24, 2.45) is 5.92 Å². The van der Waals surface area contributed by atoms with E-state index in [0.717, 1.165) is 58.2 Å². The number of carbonyl (C=O) groups is 2. The number of carbonyl (C=O) groups excluding carboxylic acids is 2. The Labute approximate surface area is 133 Å². The van der Waals surface area contributed by atoms with Crippen LogP contribution in [0.2, 0.25) is 0 Å². The molecule has 0 aromatic carbocycles. The van der Waals surface area contributed by atoms with Gasteiger partial charge in [-0.1, -0.05) is 12.8 Å². The number of nitrogens with zero attached hydrogens (tertiary/aromatic N) is 1. The molecule has 3 N–H and O–H groups in total. The van der Waals surface area contributed by atoms with Crippen LogP contribution in [0, 0.1) is 5.92 Å². The Kier molecular flexibility index (Phi) is 6.06. The van der Waals surface area contributed by atoms with E-state index in [9.17, 15) is 9.59 Å². The van der Waals surface area contributed by atoms with Crippen LogP contribution in [0.15, 0.2) is 0 Å². The first kappa shape index (κ1) is 17.1. The van der Waals surface area contributed by atoms with Crippen LogP contribution in [-0.4, -0.2) is 55.6 Å². The van der Waals surface area contributed by atoms with Gasteiger partial charge in [0.05, 0.1) is 0 Å². The van der Waals surface area contributed by atoms with Crippen LogP contribution in [0.25, 0.3) is 0 Å². The van der Waals surface area contributed by atoms with E-state index in [1.54, 1.807) is 0 Å². The van der Waals surface area contributed by atoms with E-state index in [1.807, 2.05) is 18.9 Å². The first-order chi connectivity index (χ1) is 10.6. The van der Waals surface area contributed by atoms with Gasteiger partial charge in [0.2, 0.25) is 5.91 Å². The topological polar surface area (TPSA) is 73.5 Å². The molecule has 6 heteroatoms. The highest BCUT2D eigenvalue weighted by Crippen LogP contribution is 2.32. The third-order valence-electron chi connectivity index (χ3n) is 4.95. The lowest BCUT2D eigenvalue weighted by molar-refractivity contribution is -0.139. The fourth-order valence-corrected chi connectivity index (χ4v) is 3.72. The number of hydrogen-bond acceptors (Lipinski definition) is 3. The highest BCUT2D eigenvalue weighted by atomic mass is 16.2. The minimum Gasteiger partial charge on any atom is -0.341 e. The second kappa shape index (κ2) is 7.81. The molecule has 0 bridgehead atoms. The molecule has 1 heterocycles. The molecule has 2 rings (SSSR count). The molecule has 0 spiro atoms. The molecule has 6 nitrogen and oxygen atoms in total. The predicted molar refractivity (Wildman–Crippen MR) is 86.6 cm³/mol. The lowest BCUT2D eigenvalue weighted by Gasteiger charge is -2.38. The summed E-state index contributed by atoms with van der Waals surface area (Å²) in [5, 5.41) is 8.94. The number of likely N-dealkylation sites (tertiary alicyclic amines) is 1. The zero-order chi connectivity index (χ0) is 16.0. The Balaban J connectivity index is 1.97. The average Bonchev–Trinajstić information content (AvgIpc) is 2.97. The standard InChI is InChI=1S/C16H30N4O2/c1-3-18-15(22)19-16(8-4-5-9-16)14(21)20-10-6-13(7-11-20)12-17-2/h13,17H,3-12H2,1-2H3,(H2,18,19,22). The van der Waals surface area contributed by atoms with E-state index in [0.29, 0.717) is 12.5 Å². The van der Waals surface area contributed by atoms with Crippen molar-refractivity contribution in [3.05, 3.63) is 0 Å². The Hall–Kier alpha value is -1.30. The molecule has 1 aliphatic heterocycles. The second-order valence-electron chi connectivity index (χ2n) is 6.57. The van der Waals surface area contributed by atoms with E-state index in [1.165, 1.54) is 0 Å². The molecule has 0 atom stereocenters. The van der Waals surface area contributed by atoms with Gasteiger partial charge in [-0.05, 0) is 52.1 Å². The SMILES string of the molecule is CCNC(=O)NC1(C(=O)N2CCC(CNC)CC2)CCCC1. The molecular weight excluding hydrogens is 280 g/mol. The summed E-state index contributed by atoms with van der Waals surface area (Å²) in [5.41, 5.74) is -0.672. The third kappa shape index (κ3) is 3.91. The van der Waals surface area contributed by atoms with Gasteiger partial charge < -0.3 is 20.9 Å². The minimum atomic E-state index is -0.672. The number of piperidine rings is 1. The monoisotopic (exact) mass is 310 g/mol. The minimum absolute atomic E-state index is 0.124. The molecule has 0 unspecified atom stereocenters. The summed E-state index contributed by atoms with van der Waals surface area (Å²) in [6, 6.07) is -0.220. The lowest BCUT2D eigenvalue weighted by atomic mass is 9.91. The Bertz CT molecular complexity index is 386. The molecule has 2 fully saturated rings. The van der Waals surface area contributed by atoms with Gasteiger partial charge in [0.15, 0.2) is 0 Å². The van der Waals surface area contributed by atoms with Crippen LogP contribution in [0.4, 0.5) is 4.79 Å². The van der Waals surface area contributed by atoms with E-state index in [4.69, 9.17) is 0 Å². The summed E-state index contributed by atoms with van der Waals surface area (Å²) in [7, 11) is 1.97. The summed E-state index contributed by atoms with van der Waals surface area (Å²) in [4.78, 5) is 26.9. The predicted octanol–water partition coefficient (Wildman–Crippen LogP) is 1.08. The Morgan fingerprint density at radius 1 is 1.18 bits per heavy atom. The number of urea groups is 1.